The van der Waals surface area contributed by atoms with Crippen LogP contribution in [0.3, 0.4) is 0 Å². The topological polar surface area (TPSA) is 98.7 Å². The van der Waals surface area contributed by atoms with Gasteiger partial charge in [0.15, 0.2) is 5.82 Å². The first-order valence-electron chi connectivity index (χ1n) is 5.70. The lowest BCUT2D eigenvalue weighted by molar-refractivity contribution is -0.113. The standard InChI is InChI=1S/C10H14N6O2S/c1-6(2)16-10(12-14-15-16)19-5-9(17)11-8-4-7(3)18-13-8/h4,6H,5H2,1-3H3,(H,11,13,17). The Labute approximate surface area is 113 Å². The molecule has 2 rings (SSSR count). The number of anilines is 1. The Balaban J connectivity index is 1.88. The van der Waals surface area contributed by atoms with E-state index < -0.39 is 0 Å². The first-order chi connectivity index (χ1) is 9.06. The highest BCUT2D eigenvalue weighted by atomic mass is 32.2. The number of hydrogen-bond acceptors (Lipinski definition) is 7. The summed E-state index contributed by atoms with van der Waals surface area (Å²) in [5.74, 6) is 1.08. The Morgan fingerprint density at radius 2 is 2.37 bits per heavy atom. The van der Waals surface area contributed by atoms with E-state index in [1.165, 1.54) is 11.8 Å². The van der Waals surface area contributed by atoms with E-state index >= 15 is 0 Å². The van der Waals surface area contributed by atoms with Crippen molar-refractivity contribution >= 4 is 23.5 Å². The van der Waals surface area contributed by atoms with E-state index in [-0.39, 0.29) is 17.7 Å². The van der Waals surface area contributed by atoms with E-state index in [1.807, 2.05) is 13.8 Å². The summed E-state index contributed by atoms with van der Waals surface area (Å²) in [4.78, 5) is 11.7. The molecule has 8 nitrogen and oxygen atoms in total. The van der Waals surface area contributed by atoms with Gasteiger partial charge in [-0.25, -0.2) is 4.68 Å². The number of carbonyl (C=O) groups is 1. The lowest BCUT2D eigenvalue weighted by atomic mass is 10.4. The van der Waals surface area contributed by atoms with Crippen LogP contribution < -0.4 is 5.32 Å². The third-order valence-electron chi connectivity index (χ3n) is 2.18. The molecule has 0 aliphatic heterocycles. The zero-order valence-electron chi connectivity index (χ0n) is 10.8. The van der Waals surface area contributed by atoms with Gasteiger partial charge in [0.2, 0.25) is 11.1 Å². The Kier molecular flexibility index (Phi) is 4.15. The number of carbonyl (C=O) groups excluding carboxylic acids is 1. The number of amides is 1. The molecule has 0 fully saturated rings. The van der Waals surface area contributed by atoms with Crippen LogP contribution in [0, 0.1) is 6.92 Å². The highest BCUT2D eigenvalue weighted by Gasteiger charge is 2.12. The average Bonchev–Trinajstić information content (AvgIpc) is 2.95. The van der Waals surface area contributed by atoms with Crippen molar-refractivity contribution in [2.45, 2.75) is 32.0 Å². The van der Waals surface area contributed by atoms with Crippen molar-refractivity contribution in [2.24, 2.45) is 0 Å². The van der Waals surface area contributed by atoms with Crippen LogP contribution in [0.2, 0.25) is 0 Å². The zero-order valence-corrected chi connectivity index (χ0v) is 11.6. The van der Waals surface area contributed by atoms with Gasteiger partial charge in [0, 0.05) is 6.07 Å². The van der Waals surface area contributed by atoms with Gasteiger partial charge in [0.25, 0.3) is 0 Å². The molecule has 0 aromatic carbocycles. The van der Waals surface area contributed by atoms with Gasteiger partial charge in [-0.1, -0.05) is 16.9 Å². The highest BCUT2D eigenvalue weighted by molar-refractivity contribution is 7.99. The van der Waals surface area contributed by atoms with Crippen molar-refractivity contribution in [2.75, 3.05) is 11.1 Å². The molecule has 0 aliphatic rings. The van der Waals surface area contributed by atoms with Crippen LogP contribution in [0.4, 0.5) is 5.82 Å². The van der Waals surface area contributed by atoms with Crippen molar-refractivity contribution in [3.8, 4) is 0 Å². The minimum atomic E-state index is -0.184. The second-order valence-electron chi connectivity index (χ2n) is 4.16. The molecule has 0 unspecified atom stereocenters. The second-order valence-corrected chi connectivity index (χ2v) is 5.10. The molecule has 102 valence electrons. The second kappa shape index (κ2) is 5.83. The molecule has 2 aromatic heterocycles. The first-order valence-corrected chi connectivity index (χ1v) is 6.68. The predicted molar refractivity (Wildman–Crippen MR) is 68.8 cm³/mol. The lowest BCUT2D eigenvalue weighted by Gasteiger charge is -2.06. The number of tetrazole rings is 1. The molecule has 1 N–H and O–H groups in total. The van der Waals surface area contributed by atoms with Crippen LogP contribution >= 0.6 is 11.8 Å². The summed E-state index contributed by atoms with van der Waals surface area (Å²) in [6.45, 7) is 5.70. The van der Waals surface area contributed by atoms with Crippen molar-refractivity contribution < 1.29 is 9.32 Å². The molecule has 0 spiro atoms. The summed E-state index contributed by atoms with van der Waals surface area (Å²) in [7, 11) is 0. The summed E-state index contributed by atoms with van der Waals surface area (Å²) in [6.07, 6.45) is 0. The Morgan fingerprint density at radius 3 is 3.00 bits per heavy atom. The van der Waals surface area contributed by atoms with E-state index in [0.717, 1.165) is 0 Å². The molecular formula is C10H14N6O2S. The van der Waals surface area contributed by atoms with Gasteiger partial charge in [0.05, 0.1) is 11.8 Å². The Bertz CT molecular complexity index is 564. The lowest BCUT2D eigenvalue weighted by Crippen LogP contribution is -2.15. The van der Waals surface area contributed by atoms with Gasteiger partial charge in [-0.3, -0.25) is 4.79 Å². The molecular weight excluding hydrogens is 268 g/mol. The summed E-state index contributed by atoms with van der Waals surface area (Å²) in [5, 5.41) is 18.2. The normalized spacial score (nSPS) is 10.9. The molecule has 19 heavy (non-hydrogen) atoms. The van der Waals surface area contributed by atoms with Gasteiger partial charge in [-0.15, -0.1) is 5.10 Å². The molecule has 2 aromatic rings. The van der Waals surface area contributed by atoms with Crippen LogP contribution in [0.1, 0.15) is 25.6 Å². The first kappa shape index (κ1) is 13.5. The molecule has 9 heteroatoms. The Hall–Kier alpha value is -1.90. The maximum Gasteiger partial charge on any atom is 0.236 e. The van der Waals surface area contributed by atoms with Gasteiger partial charge in [0.1, 0.15) is 5.76 Å². The third kappa shape index (κ3) is 3.53. The van der Waals surface area contributed by atoms with Gasteiger partial charge in [-0.2, -0.15) is 0 Å². The molecule has 0 aliphatic carbocycles. The molecule has 1 amide bonds. The van der Waals surface area contributed by atoms with Crippen LogP contribution in [0.5, 0.6) is 0 Å². The number of thioether (sulfide) groups is 1. The number of aromatic nitrogens is 5. The molecule has 2 heterocycles. The van der Waals surface area contributed by atoms with Crippen molar-refractivity contribution in [1.29, 1.82) is 0 Å². The Morgan fingerprint density at radius 1 is 1.58 bits per heavy atom. The molecule has 0 radical (unpaired) electrons. The maximum absolute atomic E-state index is 11.7. The van der Waals surface area contributed by atoms with Crippen LogP contribution in [0.15, 0.2) is 15.7 Å². The smallest absolute Gasteiger partial charge is 0.236 e. The maximum atomic E-state index is 11.7. The van der Waals surface area contributed by atoms with Crippen molar-refractivity contribution in [1.82, 2.24) is 25.4 Å². The zero-order chi connectivity index (χ0) is 13.8. The van der Waals surface area contributed by atoms with E-state index in [9.17, 15) is 4.79 Å². The van der Waals surface area contributed by atoms with Crippen molar-refractivity contribution in [3.63, 3.8) is 0 Å². The van der Waals surface area contributed by atoms with Crippen LogP contribution in [-0.2, 0) is 4.79 Å². The number of aryl methyl sites for hydroxylation is 1. The van der Waals surface area contributed by atoms with Crippen LogP contribution in [0.25, 0.3) is 0 Å². The molecule has 0 bridgehead atoms. The summed E-state index contributed by atoms with van der Waals surface area (Å²) in [6, 6.07) is 1.81. The fourth-order valence-electron chi connectivity index (χ4n) is 1.34. The van der Waals surface area contributed by atoms with Crippen LogP contribution in [-0.4, -0.2) is 37.0 Å². The SMILES string of the molecule is Cc1cc(NC(=O)CSc2nnnn2C(C)C)no1. The highest BCUT2D eigenvalue weighted by Crippen LogP contribution is 2.17. The molecule has 0 saturated heterocycles. The number of hydrogen-bond donors (Lipinski definition) is 1. The minimum Gasteiger partial charge on any atom is -0.360 e. The fraction of sp³-hybridized carbons (Fsp3) is 0.500. The minimum absolute atomic E-state index is 0.152. The van der Waals surface area contributed by atoms with Crippen molar-refractivity contribution in [3.05, 3.63) is 11.8 Å². The predicted octanol–water partition coefficient (Wildman–Crippen LogP) is 1.28. The van der Waals surface area contributed by atoms with E-state index in [1.54, 1.807) is 17.7 Å². The van der Waals surface area contributed by atoms with E-state index in [4.69, 9.17) is 4.52 Å². The summed E-state index contributed by atoms with van der Waals surface area (Å²) >= 11 is 1.27. The molecule has 0 saturated carbocycles. The number of nitrogens with one attached hydrogen (secondary N) is 1. The van der Waals surface area contributed by atoms with E-state index in [2.05, 4.69) is 26.0 Å². The molecule has 0 atom stereocenters. The van der Waals surface area contributed by atoms with Gasteiger partial charge < -0.3 is 9.84 Å². The third-order valence-corrected chi connectivity index (χ3v) is 3.11. The monoisotopic (exact) mass is 282 g/mol. The van der Waals surface area contributed by atoms with Gasteiger partial charge >= 0.3 is 0 Å². The van der Waals surface area contributed by atoms with Gasteiger partial charge in [-0.05, 0) is 31.2 Å². The average molecular weight is 282 g/mol. The number of nitrogens with zero attached hydrogens (tertiary/aromatic N) is 5. The quantitative estimate of drug-likeness (QED) is 0.825. The number of rotatable bonds is 5. The fourth-order valence-corrected chi connectivity index (χ4v) is 2.15. The summed E-state index contributed by atoms with van der Waals surface area (Å²) < 4.78 is 6.52. The van der Waals surface area contributed by atoms with E-state index in [0.29, 0.717) is 16.7 Å². The largest absolute Gasteiger partial charge is 0.360 e. The summed E-state index contributed by atoms with van der Waals surface area (Å²) in [5.41, 5.74) is 0.